The maximum atomic E-state index is 12.7. The van der Waals surface area contributed by atoms with Crippen molar-refractivity contribution in [2.24, 2.45) is 0 Å². The van der Waals surface area contributed by atoms with Gasteiger partial charge >= 0.3 is 23.5 Å². The summed E-state index contributed by atoms with van der Waals surface area (Å²) in [5.41, 5.74) is -3.70. The van der Waals surface area contributed by atoms with Gasteiger partial charge in [0.15, 0.2) is 0 Å². The lowest BCUT2D eigenvalue weighted by molar-refractivity contribution is -0.176. The number of carboxylic acids is 2. The lowest BCUT2D eigenvalue weighted by atomic mass is 9.87. The summed E-state index contributed by atoms with van der Waals surface area (Å²) < 4.78 is 4.81. The molecule has 9 heteroatoms. The van der Waals surface area contributed by atoms with Gasteiger partial charge in [0.05, 0.1) is 5.56 Å². The van der Waals surface area contributed by atoms with Gasteiger partial charge in [0.2, 0.25) is 11.9 Å². The Labute approximate surface area is 216 Å². The largest absolute Gasteiger partial charge is 0.479 e. The number of esters is 1. The summed E-state index contributed by atoms with van der Waals surface area (Å²) in [6.45, 7) is 2.61. The third kappa shape index (κ3) is 9.78. The lowest BCUT2D eigenvalue weighted by Crippen LogP contribution is -2.61. The second-order valence-electron chi connectivity index (χ2n) is 8.43. The summed E-state index contributed by atoms with van der Waals surface area (Å²) in [4.78, 5) is 48.1. The maximum absolute atomic E-state index is 12.7. The third-order valence-corrected chi connectivity index (χ3v) is 5.58. The van der Waals surface area contributed by atoms with Crippen molar-refractivity contribution >= 4 is 23.7 Å². The van der Waals surface area contributed by atoms with Gasteiger partial charge in [-0.15, -0.1) is 0 Å². The van der Waals surface area contributed by atoms with E-state index >= 15 is 0 Å². The molecule has 0 fully saturated rings. The number of hydrogen-bond donors (Lipinski definition) is 4. The van der Waals surface area contributed by atoms with Crippen molar-refractivity contribution < 1.29 is 44.3 Å². The van der Waals surface area contributed by atoms with E-state index in [1.165, 1.54) is 93.5 Å². The number of aliphatic carboxylic acids is 2. The zero-order valence-corrected chi connectivity index (χ0v) is 21.0. The Morgan fingerprint density at radius 1 is 0.757 bits per heavy atom. The number of carboxylic acid groups (broad SMARTS) is 2. The van der Waals surface area contributed by atoms with Crippen LogP contribution < -0.4 is 0 Å². The molecule has 37 heavy (non-hydrogen) atoms. The monoisotopic (exact) mass is 516 g/mol. The molecule has 2 aromatic rings. The van der Waals surface area contributed by atoms with Crippen molar-refractivity contribution in [2.75, 3.05) is 6.61 Å². The van der Waals surface area contributed by atoms with Gasteiger partial charge in [0, 0.05) is 12.2 Å². The minimum absolute atomic E-state index is 0.114. The van der Waals surface area contributed by atoms with Gasteiger partial charge in [-0.3, -0.25) is 4.79 Å². The molecule has 0 aliphatic carbocycles. The maximum Gasteiger partial charge on any atom is 0.360 e. The molecule has 0 spiro atoms. The fourth-order valence-electron chi connectivity index (χ4n) is 3.49. The van der Waals surface area contributed by atoms with E-state index in [1.807, 2.05) is 0 Å². The molecule has 0 aliphatic rings. The number of hydrogen-bond acceptors (Lipinski definition) is 7. The minimum atomic E-state index is -3.35. The van der Waals surface area contributed by atoms with Crippen LogP contribution in [0.2, 0.25) is 0 Å². The Kier molecular flexibility index (Phi) is 14.5. The van der Waals surface area contributed by atoms with Crippen LogP contribution in [0.1, 0.15) is 79.0 Å². The number of aliphatic hydroxyl groups is 2. The summed E-state index contributed by atoms with van der Waals surface area (Å²) in [6.07, 6.45) is 7.56. The SMILES string of the molecule is CCCCCCCCCCO.O=C(OC(C(=O)O)(C(=O)c1ccccc1)C(O)C(=O)O)c1ccccc1. The number of ketones is 1. The minimum Gasteiger partial charge on any atom is -0.479 e. The first-order valence-electron chi connectivity index (χ1n) is 12.4. The van der Waals surface area contributed by atoms with Crippen molar-refractivity contribution in [1.82, 2.24) is 0 Å². The van der Waals surface area contributed by atoms with Crippen molar-refractivity contribution in [3.63, 3.8) is 0 Å². The van der Waals surface area contributed by atoms with Crippen LogP contribution in [0.25, 0.3) is 0 Å². The van der Waals surface area contributed by atoms with Gasteiger partial charge in [-0.25, -0.2) is 14.4 Å². The normalized spacial score (nSPS) is 12.8. The highest BCUT2D eigenvalue weighted by Crippen LogP contribution is 2.26. The summed E-state index contributed by atoms with van der Waals surface area (Å²) >= 11 is 0. The molecule has 2 rings (SSSR count). The van der Waals surface area contributed by atoms with Gasteiger partial charge < -0.3 is 25.2 Å². The van der Waals surface area contributed by atoms with Gasteiger partial charge in [-0.2, -0.15) is 0 Å². The molecular weight excluding hydrogens is 480 g/mol. The quantitative estimate of drug-likeness (QED) is 0.118. The van der Waals surface area contributed by atoms with E-state index in [9.17, 15) is 29.4 Å². The lowest BCUT2D eigenvalue weighted by Gasteiger charge is -2.30. The summed E-state index contributed by atoms with van der Waals surface area (Å²) in [7, 11) is 0. The molecule has 0 bridgehead atoms. The van der Waals surface area contributed by atoms with E-state index in [-0.39, 0.29) is 11.1 Å². The van der Waals surface area contributed by atoms with Crippen LogP contribution in [0.4, 0.5) is 0 Å². The third-order valence-electron chi connectivity index (χ3n) is 5.58. The number of carbonyl (C=O) groups excluding carboxylic acids is 2. The Hall–Kier alpha value is -3.56. The number of ether oxygens (including phenoxy) is 1. The van der Waals surface area contributed by atoms with Crippen LogP contribution in [0.3, 0.4) is 0 Å². The molecule has 2 atom stereocenters. The Morgan fingerprint density at radius 2 is 1.22 bits per heavy atom. The number of unbranched alkanes of at least 4 members (excludes halogenated alkanes) is 7. The van der Waals surface area contributed by atoms with Crippen LogP contribution in [-0.2, 0) is 14.3 Å². The van der Waals surface area contributed by atoms with Crippen molar-refractivity contribution in [2.45, 2.75) is 70.0 Å². The summed E-state index contributed by atoms with van der Waals surface area (Å²) in [6, 6.07) is 13.9. The van der Waals surface area contributed by atoms with Gasteiger partial charge in [-0.05, 0) is 18.6 Å². The summed E-state index contributed by atoms with van der Waals surface area (Å²) in [5.74, 6) is -6.77. The molecule has 0 radical (unpaired) electrons. The van der Waals surface area contributed by atoms with Crippen LogP contribution >= 0.6 is 0 Å². The molecule has 0 saturated carbocycles. The molecular formula is C28H36O9. The molecule has 2 aromatic carbocycles. The first-order chi connectivity index (χ1) is 17.7. The number of Topliss-reactive ketones (excluding diaryl/α,β-unsaturated/α-hetero) is 1. The predicted octanol–water partition coefficient (Wildman–Crippen LogP) is 4.11. The van der Waals surface area contributed by atoms with Gasteiger partial charge in [-0.1, -0.05) is 100 Å². The van der Waals surface area contributed by atoms with E-state index in [4.69, 9.17) is 14.9 Å². The molecule has 202 valence electrons. The molecule has 0 heterocycles. The molecule has 9 nitrogen and oxygen atoms in total. The van der Waals surface area contributed by atoms with Gasteiger partial charge in [0.25, 0.3) is 0 Å². The first kappa shape index (κ1) is 31.5. The Bertz CT molecular complexity index is 968. The number of benzene rings is 2. The Morgan fingerprint density at radius 3 is 1.65 bits per heavy atom. The van der Waals surface area contributed by atoms with Crippen molar-refractivity contribution in [1.29, 1.82) is 0 Å². The fourth-order valence-corrected chi connectivity index (χ4v) is 3.49. The highest BCUT2D eigenvalue weighted by Gasteiger charge is 2.59. The highest BCUT2D eigenvalue weighted by atomic mass is 16.6. The average molecular weight is 517 g/mol. The van der Waals surface area contributed by atoms with Crippen LogP contribution in [0.15, 0.2) is 60.7 Å². The number of aliphatic hydroxyl groups excluding tert-OH is 2. The van der Waals surface area contributed by atoms with E-state index in [0.717, 1.165) is 6.42 Å². The summed E-state index contributed by atoms with van der Waals surface area (Å²) in [5, 5.41) is 37.1. The molecule has 0 aromatic heterocycles. The standard InChI is InChI=1S/C18H14O8.C10H22O/c19-13(11-7-3-1-4-8-11)18(17(24)25,14(20)15(21)22)26-16(23)12-9-5-2-6-10-12;1-2-3-4-5-6-7-8-9-10-11/h1-10,14,20H,(H,21,22)(H,24,25);11H,2-10H2,1H3. The van der Waals surface area contributed by atoms with Crippen molar-refractivity contribution in [3.8, 4) is 0 Å². The number of rotatable bonds is 15. The van der Waals surface area contributed by atoms with Gasteiger partial charge in [0.1, 0.15) is 0 Å². The number of carbonyl (C=O) groups is 4. The van der Waals surface area contributed by atoms with E-state index < -0.39 is 35.4 Å². The topological polar surface area (TPSA) is 158 Å². The molecule has 4 N–H and O–H groups in total. The van der Waals surface area contributed by atoms with Crippen LogP contribution in [-0.4, -0.2) is 62.4 Å². The van der Waals surface area contributed by atoms with Crippen molar-refractivity contribution in [3.05, 3.63) is 71.8 Å². The second-order valence-corrected chi connectivity index (χ2v) is 8.43. The fraction of sp³-hybridized carbons (Fsp3) is 0.429. The Balaban J connectivity index is 0.000000525. The van der Waals surface area contributed by atoms with Crippen LogP contribution in [0.5, 0.6) is 0 Å². The van der Waals surface area contributed by atoms with Crippen LogP contribution in [0, 0.1) is 0 Å². The predicted molar refractivity (Wildman–Crippen MR) is 136 cm³/mol. The zero-order chi connectivity index (χ0) is 27.7. The average Bonchev–Trinajstić information content (AvgIpc) is 2.91. The van der Waals surface area contributed by atoms with E-state index in [1.54, 1.807) is 12.1 Å². The van der Waals surface area contributed by atoms with E-state index in [2.05, 4.69) is 6.92 Å². The smallest absolute Gasteiger partial charge is 0.360 e. The van der Waals surface area contributed by atoms with E-state index in [0.29, 0.717) is 6.61 Å². The second kappa shape index (κ2) is 17.0. The molecule has 0 amide bonds. The zero-order valence-electron chi connectivity index (χ0n) is 21.0. The first-order valence-corrected chi connectivity index (χ1v) is 12.4. The molecule has 0 saturated heterocycles. The molecule has 0 aliphatic heterocycles. The molecule has 2 unspecified atom stereocenters. The highest BCUT2D eigenvalue weighted by molar-refractivity contribution is 6.19.